The Labute approximate surface area is 47.9 Å². The van der Waals surface area contributed by atoms with Gasteiger partial charge in [0, 0.05) is 14.2 Å². The molecule has 0 fully saturated rings. The van der Waals surface area contributed by atoms with Crippen LogP contribution in [0.15, 0.2) is 0 Å². The monoisotopic (exact) mass is 142 g/mol. The van der Waals surface area contributed by atoms with Crippen LogP contribution in [0.5, 0.6) is 0 Å². The standard InChI is InChI=1S/C2H7ClO3Si/c1-5-7(3,4)6-2/h4H,1-2H3. The van der Waals surface area contributed by atoms with Gasteiger partial charge in [0.25, 0.3) is 0 Å². The van der Waals surface area contributed by atoms with Crippen LogP contribution in [0, 0.1) is 0 Å². The molecule has 7 heavy (non-hydrogen) atoms. The highest BCUT2D eigenvalue weighted by molar-refractivity contribution is 7.08. The summed E-state index contributed by atoms with van der Waals surface area (Å²) in [5.41, 5.74) is 0. The highest BCUT2D eigenvalue weighted by Gasteiger charge is 2.30. The van der Waals surface area contributed by atoms with Crippen molar-refractivity contribution in [3.63, 3.8) is 0 Å². The number of hydrogen-bond acceptors (Lipinski definition) is 3. The molecule has 0 bridgehead atoms. The van der Waals surface area contributed by atoms with E-state index in [9.17, 15) is 0 Å². The predicted molar refractivity (Wildman–Crippen MR) is 27.8 cm³/mol. The molecule has 0 saturated heterocycles. The fourth-order valence-corrected chi connectivity index (χ4v) is 0.250. The minimum Gasteiger partial charge on any atom is -0.378 e. The van der Waals surface area contributed by atoms with E-state index in [0.717, 1.165) is 0 Å². The molecule has 0 saturated carbocycles. The van der Waals surface area contributed by atoms with Crippen molar-refractivity contribution >= 4 is 19.2 Å². The van der Waals surface area contributed by atoms with Crippen LogP contribution in [0.25, 0.3) is 0 Å². The predicted octanol–water partition coefficient (Wildman–Crippen LogP) is -0.0541. The van der Waals surface area contributed by atoms with Crippen LogP contribution in [-0.2, 0) is 8.85 Å². The molecule has 0 amide bonds. The lowest BCUT2D eigenvalue weighted by Gasteiger charge is -2.08. The third-order valence-corrected chi connectivity index (χ3v) is 2.44. The number of hydrogen-bond donors (Lipinski definition) is 1. The maximum Gasteiger partial charge on any atom is 0.609 e. The topological polar surface area (TPSA) is 38.7 Å². The molecule has 0 radical (unpaired) electrons. The van der Waals surface area contributed by atoms with E-state index < -0.39 is 8.11 Å². The Morgan fingerprint density at radius 3 is 1.71 bits per heavy atom. The first-order valence-corrected chi connectivity index (χ1v) is 4.41. The largest absolute Gasteiger partial charge is 0.609 e. The molecule has 0 aliphatic carbocycles. The Morgan fingerprint density at radius 1 is 1.43 bits per heavy atom. The Kier molecular flexibility index (Phi) is 2.78. The third-order valence-electron chi connectivity index (χ3n) is 0.504. The molecular weight excluding hydrogens is 136 g/mol. The van der Waals surface area contributed by atoms with Crippen molar-refractivity contribution < 1.29 is 13.6 Å². The first kappa shape index (κ1) is 7.39. The molecular formula is C2H7ClO3Si. The molecule has 0 atom stereocenters. The van der Waals surface area contributed by atoms with Crippen LogP contribution in [0.2, 0.25) is 0 Å². The summed E-state index contributed by atoms with van der Waals surface area (Å²) in [6.45, 7) is 0. The van der Waals surface area contributed by atoms with Crippen LogP contribution in [0.4, 0.5) is 0 Å². The van der Waals surface area contributed by atoms with Crippen molar-refractivity contribution in [2.75, 3.05) is 14.2 Å². The van der Waals surface area contributed by atoms with Crippen molar-refractivity contribution in [1.82, 2.24) is 0 Å². The average molecular weight is 143 g/mol. The summed E-state index contributed by atoms with van der Waals surface area (Å²) >= 11 is 5.16. The minimum absolute atomic E-state index is 1.29. The van der Waals surface area contributed by atoms with Gasteiger partial charge in [0.05, 0.1) is 0 Å². The van der Waals surface area contributed by atoms with Gasteiger partial charge in [-0.2, -0.15) is 0 Å². The first-order chi connectivity index (χ1) is 3.12. The van der Waals surface area contributed by atoms with E-state index in [1.54, 1.807) is 0 Å². The third kappa shape index (κ3) is 3.01. The lowest BCUT2D eigenvalue weighted by molar-refractivity contribution is 0.179. The van der Waals surface area contributed by atoms with Crippen LogP contribution in [-0.4, -0.2) is 27.1 Å². The van der Waals surface area contributed by atoms with Crippen LogP contribution >= 0.6 is 11.1 Å². The van der Waals surface area contributed by atoms with Crippen molar-refractivity contribution in [2.24, 2.45) is 0 Å². The highest BCUT2D eigenvalue weighted by Crippen LogP contribution is 2.02. The number of halogens is 1. The summed E-state index contributed by atoms with van der Waals surface area (Å²) in [7, 11) is -0.590. The maximum atomic E-state index is 8.59. The molecule has 3 nitrogen and oxygen atoms in total. The van der Waals surface area contributed by atoms with E-state index in [1.807, 2.05) is 0 Å². The van der Waals surface area contributed by atoms with Gasteiger partial charge in [-0.1, -0.05) is 11.1 Å². The van der Waals surface area contributed by atoms with Crippen molar-refractivity contribution in [3.05, 3.63) is 0 Å². The Morgan fingerprint density at radius 2 is 1.71 bits per heavy atom. The van der Waals surface area contributed by atoms with Crippen molar-refractivity contribution in [1.29, 1.82) is 0 Å². The molecule has 0 aromatic carbocycles. The molecule has 0 aromatic rings. The minimum atomic E-state index is -3.18. The summed E-state index contributed by atoms with van der Waals surface area (Å²) in [5.74, 6) is 0. The molecule has 0 rings (SSSR count). The van der Waals surface area contributed by atoms with E-state index in [4.69, 9.17) is 15.9 Å². The maximum absolute atomic E-state index is 8.59. The summed E-state index contributed by atoms with van der Waals surface area (Å²) in [5, 5.41) is 0. The Hall–Kier alpha value is 0.387. The lowest BCUT2D eigenvalue weighted by atomic mass is 11.8. The zero-order valence-corrected chi connectivity index (χ0v) is 5.90. The van der Waals surface area contributed by atoms with E-state index in [-0.39, 0.29) is 0 Å². The SMILES string of the molecule is CO[Si](O)(Cl)OC. The quantitative estimate of drug-likeness (QED) is 0.434. The summed E-state index contributed by atoms with van der Waals surface area (Å²) in [4.78, 5) is 8.59. The van der Waals surface area contributed by atoms with Gasteiger partial charge in [-0.15, -0.1) is 0 Å². The molecule has 0 heterocycles. The Balaban J connectivity index is 3.36. The molecule has 5 heteroatoms. The molecule has 0 unspecified atom stereocenters. The van der Waals surface area contributed by atoms with Crippen LogP contribution < -0.4 is 0 Å². The molecule has 0 aliphatic rings. The van der Waals surface area contributed by atoms with Crippen molar-refractivity contribution in [3.8, 4) is 0 Å². The number of rotatable bonds is 2. The zero-order chi connectivity index (χ0) is 5.91. The average Bonchev–Trinajstić information content (AvgIpc) is 1.68. The second-order valence-electron chi connectivity index (χ2n) is 0.913. The van der Waals surface area contributed by atoms with E-state index in [1.165, 1.54) is 14.2 Å². The second kappa shape index (κ2) is 2.63. The van der Waals surface area contributed by atoms with Gasteiger partial charge in [0.15, 0.2) is 0 Å². The van der Waals surface area contributed by atoms with Gasteiger partial charge in [-0.3, -0.25) is 0 Å². The van der Waals surface area contributed by atoms with Gasteiger partial charge >= 0.3 is 8.11 Å². The first-order valence-electron chi connectivity index (χ1n) is 1.64. The van der Waals surface area contributed by atoms with E-state index >= 15 is 0 Å². The molecule has 0 aliphatic heterocycles. The van der Waals surface area contributed by atoms with Gasteiger partial charge in [0.2, 0.25) is 0 Å². The second-order valence-corrected chi connectivity index (χ2v) is 4.17. The summed E-state index contributed by atoms with van der Waals surface area (Å²) in [6, 6.07) is 0. The van der Waals surface area contributed by atoms with Gasteiger partial charge in [-0.05, 0) is 0 Å². The van der Waals surface area contributed by atoms with Gasteiger partial charge in [0.1, 0.15) is 0 Å². The normalized spacial score (nSPS) is 12.0. The van der Waals surface area contributed by atoms with E-state index in [0.29, 0.717) is 0 Å². The fourth-order valence-electron chi connectivity index (χ4n) is 0.0833. The van der Waals surface area contributed by atoms with Gasteiger partial charge < -0.3 is 13.6 Å². The Bertz CT molecular complexity index is 50.9. The molecule has 1 N–H and O–H groups in total. The highest BCUT2D eigenvalue weighted by atomic mass is 35.6. The molecule has 44 valence electrons. The van der Waals surface area contributed by atoms with E-state index in [2.05, 4.69) is 8.85 Å². The lowest BCUT2D eigenvalue weighted by Crippen LogP contribution is -2.32. The fraction of sp³-hybridized carbons (Fsp3) is 1.00. The van der Waals surface area contributed by atoms with Crippen molar-refractivity contribution in [2.45, 2.75) is 0 Å². The molecule has 0 aromatic heterocycles. The van der Waals surface area contributed by atoms with Crippen LogP contribution in [0.3, 0.4) is 0 Å². The molecule has 0 spiro atoms. The summed E-state index contributed by atoms with van der Waals surface area (Å²) < 4.78 is 8.65. The van der Waals surface area contributed by atoms with Gasteiger partial charge in [-0.25, -0.2) is 0 Å². The smallest absolute Gasteiger partial charge is 0.378 e. The summed E-state index contributed by atoms with van der Waals surface area (Å²) in [6.07, 6.45) is 0. The zero-order valence-electron chi connectivity index (χ0n) is 4.14. The van der Waals surface area contributed by atoms with Crippen LogP contribution in [0.1, 0.15) is 0 Å².